The summed E-state index contributed by atoms with van der Waals surface area (Å²) in [6.07, 6.45) is 3.05. The molecule has 0 bridgehead atoms. The lowest BCUT2D eigenvalue weighted by Gasteiger charge is -2.06. The predicted molar refractivity (Wildman–Crippen MR) is 90.8 cm³/mol. The summed E-state index contributed by atoms with van der Waals surface area (Å²) in [4.78, 5) is 30.2. The van der Waals surface area contributed by atoms with E-state index < -0.39 is 5.97 Å². The number of aliphatic carboxylic acids is 1. The van der Waals surface area contributed by atoms with Gasteiger partial charge in [-0.1, -0.05) is 24.3 Å². The van der Waals surface area contributed by atoms with E-state index in [1.54, 1.807) is 36.4 Å². The first-order valence-corrected chi connectivity index (χ1v) is 7.25. The Bertz CT molecular complexity index is 988. The molecule has 24 heavy (non-hydrogen) atoms. The van der Waals surface area contributed by atoms with Crippen LogP contribution in [0.4, 0.5) is 0 Å². The lowest BCUT2D eigenvalue weighted by molar-refractivity contribution is -0.135. The minimum absolute atomic E-state index is 0.107. The second-order valence-corrected chi connectivity index (χ2v) is 5.21. The molecule has 0 spiro atoms. The molecule has 0 radical (unpaired) electrons. The van der Waals surface area contributed by atoms with Crippen LogP contribution in [-0.2, 0) is 4.79 Å². The molecular weight excluding hydrogens is 308 g/mol. The summed E-state index contributed by atoms with van der Waals surface area (Å²) in [5.74, 6) is -0.423. The van der Waals surface area contributed by atoms with Gasteiger partial charge in [0.2, 0.25) is 0 Å². The predicted octanol–water partition coefficient (Wildman–Crippen LogP) is 2.78. The number of phenols is 1. The molecule has 0 saturated carbocycles. The maximum absolute atomic E-state index is 12.3. The Labute approximate surface area is 136 Å². The molecule has 0 aliphatic carbocycles. The summed E-state index contributed by atoms with van der Waals surface area (Å²) in [5, 5.41) is 18.5. The molecule has 0 amide bonds. The number of fused-ring (bicyclic) bond motifs is 1. The maximum atomic E-state index is 12.3. The van der Waals surface area contributed by atoms with Crippen LogP contribution < -0.4 is 5.56 Å². The van der Waals surface area contributed by atoms with E-state index in [-0.39, 0.29) is 17.7 Å². The first-order chi connectivity index (χ1) is 11.5. The first kappa shape index (κ1) is 15.5. The van der Waals surface area contributed by atoms with Gasteiger partial charge in [0, 0.05) is 11.1 Å². The number of phenolic OH excluding ortho intramolecular Hbond substituents is 1. The molecule has 0 atom stereocenters. The number of benzene rings is 2. The largest absolute Gasteiger partial charge is 0.508 e. The van der Waals surface area contributed by atoms with Crippen LogP contribution in [0.1, 0.15) is 12.0 Å². The minimum atomic E-state index is -0.929. The topological polar surface area (TPSA) is 103 Å². The van der Waals surface area contributed by atoms with Gasteiger partial charge in [-0.25, -0.2) is 4.98 Å². The monoisotopic (exact) mass is 322 g/mol. The van der Waals surface area contributed by atoms with Gasteiger partial charge < -0.3 is 15.2 Å². The molecule has 0 unspecified atom stereocenters. The highest BCUT2D eigenvalue weighted by molar-refractivity contribution is 5.88. The summed E-state index contributed by atoms with van der Waals surface area (Å²) < 4.78 is 0. The molecule has 3 rings (SSSR count). The smallest absolute Gasteiger partial charge is 0.307 e. The van der Waals surface area contributed by atoms with Crippen molar-refractivity contribution in [3.05, 3.63) is 64.5 Å². The second-order valence-electron chi connectivity index (χ2n) is 5.21. The van der Waals surface area contributed by atoms with Gasteiger partial charge >= 0.3 is 5.97 Å². The van der Waals surface area contributed by atoms with Crippen molar-refractivity contribution >= 4 is 22.9 Å². The normalized spacial score (nSPS) is 11.2. The third kappa shape index (κ3) is 3.17. The van der Waals surface area contributed by atoms with Crippen LogP contribution in [0, 0.1) is 0 Å². The Morgan fingerprint density at radius 3 is 2.62 bits per heavy atom. The zero-order valence-electron chi connectivity index (χ0n) is 12.6. The van der Waals surface area contributed by atoms with Crippen molar-refractivity contribution in [2.75, 3.05) is 0 Å². The fourth-order valence-electron chi connectivity index (χ4n) is 2.36. The van der Waals surface area contributed by atoms with E-state index in [9.17, 15) is 14.7 Å². The van der Waals surface area contributed by atoms with Crippen LogP contribution in [0.2, 0.25) is 0 Å². The van der Waals surface area contributed by atoms with E-state index in [1.807, 2.05) is 0 Å². The second kappa shape index (κ2) is 6.37. The van der Waals surface area contributed by atoms with Crippen LogP contribution >= 0.6 is 0 Å². The number of carboxylic acid groups (broad SMARTS) is 1. The number of para-hydroxylation sites is 1. The zero-order valence-corrected chi connectivity index (χ0v) is 12.6. The van der Waals surface area contributed by atoms with Gasteiger partial charge in [-0.2, -0.15) is 0 Å². The molecule has 6 heteroatoms. The molecule has 6 nitrogen and oxygen atoms in total. The van der Waals surface area contributed by atoms with E-state index in [1.165, 1.54) is 18.2 Å². The molecule has 120 valence electrons. The number of aromatic amines is 1. The van der Waals surface area contributed by atoms with Crippen molar-refractivity contribution in [3.63, 3.8) is 0 Å². The van der Waals surface area contributed by atoms with Gasteiger partial charge in [-0.05, 0) is 30.3 Å². The number of hydrogen-bond donors (Lipinski definition) is 3. The highest BCUT2D eigenvalue weighted by Crippen LogP contribution is 2.21. The number of aromatic nitrogens is 2. The Hall–Kier alpha value is -3.41. The maximum Gasteiger partial charge on any atom is 0.307 e. The molecule has 2 aromatic carbocycles. The minimum Gasteiger partial charge on any atom is -0.508 e. The Kier molecular flexibility index (Phi) is 4.11. The number of nitrogens with one attached hydrogen (secondary N) is 1. The number of rotatable bonds is 4. The third-order valence-corrected chi connectivity index (χ3v) is 3.50. The number of nitrogens with zero attached hydrogens (tertiary/aromatic N) is 1. The van der Waals surface area contributed by atoms with E-state index in [0.29, 0.717) is 27.9 Å². The lowest BCUT2D eigenvalue weighted by Crippen LogP contribution is -2.10. The highest BCUT2D eigenvalue weighted by Gasteiger charge is 2.08. The van der Waals surface area contributed by atoms with Crippen LogP contribution in [0.5, 0.6) is 5.75 Å². The van der Waals surface area contributed by atoms with Gasteiger partial charge in [0.05, 0.1) is 17.3 Å². The van der Waals surface area contributed by atoms with Crippen molar-refractivity contribution in [1.82, 2.24) is 9.97 Å². The molecule has 3 aromatic rings. The molecule has 0 saturated heterocycles. The summed E-state index contributed by atoms with van der Waals surface area (Å²) >= 11 is 0. The molecule has 1 heterocycles. The fraction of sp³-hybridized carbons (Fsp3) is 0.0556. The van der Waals surface area contributed by atoms with Crippen LogP contribution in [0.15, 0.2) is 53.3 Å². The molecule has 0 fully saturated rings. The number of hydrogen-bond acceptors (Lipinski definition) is 4. The van der Waals surface area contributed by atoms with Gasteiger partial charge in [0.1, 0.15) is 11.6 Å². The summed E-state index contributed by atoms with van der Waals surface area (Å²) in [5.41, 5.74) is 1.54. The quantitative estimate of drug-likeness (QED) is 0.685. The standard InChI is InChI=1S/C18H14N2O4/c21-13-9-7-12(8-10-13)17-19-16-11(4-2-6-15(22)23)3-1-5-14(16)18(24)20-17/h1-5,7-10,21H,6H2,(H,22,23)(H,19,20,24)/b4-2+. The summed E-state index contributed by atoms with van der Waals surface area (Å²) in [7, 11) is 0. The molecular formula is C18H14N2O4. The Balaban J connectivity index is 2.14. The Morgan fingerprint density at radius 1 is 1.17 bits per heavy atom. The summed E-state index contributed by atoms with van der Waals surface area (Å²) in [6.45, 7) is 0. The highest BCUT2D eigenvalue weighted by atomic mass is 16.4. The van der Waals surface area contributed by atoms with E-state index in [4.69, 9.17) is 5.11 Å². The average molecular weight is 322 g/mol. The van der Waals surface area contributed by atoms with Gasteiger partial charge in [-0.15, -0.1) is 0 Å². The Morgan fingerprint density at radius 2 is 1.92 bits per heavy atom. The summed E-state index contributed by atoms with van der Waals surface area (Å²) in [6, 6.07) is 11.5. The van der Waals surface area contributed by atoms with Crippen molar-refractivity contribution in [3.8, 4) is 17.1 Å². The van der Waals surface area contributed by atoms with Crippen molar-refractivity contribution in [2.24, 2.45) is 0 Å². The molecule has 0 aliphatic heterocycles. The van der Waals surface area contributed by atoms with E-state index in [2.05, 4.69) is 9.97 Å². The molecule has 1 aromatic heterocycles. The fourth-order valence-corrected chi connectivity index (χ4v) is 2.36. The van der Waals surface area contributed by atoms with Gasteiger partial charge in [0.25, 0.3) is 5.56 Å². The van der Waals surface area contributed by atoms with E-state index >= 15 is 0 Å². The van der Waals surface area contributed by atoms with Gasteiger partial charge in [-0.3, -0.25) is 9.59 Å². The first-order valence-electron chi connectivity index (χ1n) is 7.25. The number of H-pyrrole nitrogens is 1. The van der Waals surface area contributed by atoms with Crippen molar-refractivity contribution in [2.45, 2.75) is 6.42 Å². The van der Waals surface area contributed by atoms with Crippen LogP contribution in [0.25, 0.3) is 28.4 Å². The third-order valence-electron chi connectivity index (χ3n) is 3.50. The SMILES string of the molecule is O=C(O)C/C=C/c1cccc2c(=O)[nH]c(-c3ccc(O)cc3)nc12. The lowest BCUT2D eigenvalue weighted by atomic mass is 10.1. The van der Waals surface area contributed by atoms with Crippen LogP contribution in [0.3, 0.4) is 0 Å². The zero-order chi connectivity index (χ0) is 17.1. The van der Waals surface area contributed by atoms with Crippen molar-refractivity contribution in [1.29, 1.82) is 0 Å². The number of carbonyl (C=O) groups is 1. The van der Waals surface area contributed by atoms with Gasteiger partial charge in [0.15, 0.2) is 0 Å². The molecule has 0 aliphatic rings. The molecule has 3 N–H and O–H groups in total. The number of carboxylic acids is 1. The van der Waals surface area contributed by atoms with E-state index in [0.717, 1.165) is 0 Å². The number of aromatic hydroxyl groups is 1. The van der Waals surface area contributed by atoms with Crippen LogP contribution in [-0.4, -0.2) is 26.2 Å². The average Bonchev–Trinajstić information content (AvgIpc) is 2.55. The van der Waals surface area contributed by atoms with Crippen molar-refractivity contribution < 1.29 is 15.0 Å².